The zero-order valence-electron chi connectivity index (χ0n) is 2.91. The van der Waals surface area contributed by atoms with Gasteiger partial charge in [-0.25, -0.2) is 0 Å². The van der Waals surface area contributed by atoms with Gasteiger partial charge in [0.15, 0.2) is 0 Å². The summed E-state index contributed by atoms with van der Waals surface area (Å²) < 4.78 is 8.34. The standard InChI is InChI=1S/In.K.O.Sn.4H/q;+1;;;;;;-1. The Hall–Kier alpha value is 3.11. The van der Waals surface area contributed by atoms with Crippen molar-refractivity contribution in [3.8, 4) is 0 Å². The summed E-state index contributed by atoms with van der Waals surface area (Å²) >= 11 is 0.300. The van der Waals surface area contributed by atoms with E-state index in [0.29, 0.717) is 22.5 Å². The first-order chi connectivity index (χ1) is 1.00. The topological polar surface area (TPSA) is 17.1 Å². The zero-order valence-corrected chi connectivity index (χ0v) is 7.89. The maximum atomic E-state index is 8.34. The molecule has 0 rings (SSSR count). The summed E-state index contributed by atoms with van der Waals surface area (Å²) in [5.41, 5.74) is 0. The minimum atomic E-state index is 0. The Bertz CT molecular complexity index is 11.6. The fraction of sp³-hybridized carbons (Fsp3) is 0. The molecule has 0 aliphatic carbocycles. The second-order valence-corrected chi connectivity index (χ2v) is 0. The molecule has 0 fully saturated rings. The van der Waals surface area contributed by atoms with E-state index >= 15 is 0 Å². The van der Waals surface area contributed by atoms with Crippen molar-refractivity contribution in [3.05, 3.63) is 0 Å². The van der Waals surface area contributed by atoms with Crippen LogP contribution < -0.4 is 51.4 Å². The van der Waals surface area contributed by atoms with E-state index in [0.717, 1.165) is 0 Å². The van der Waals surface area contributed by atoms with Gasteiger partial charge in [0, 0.05) is 0 Å². The molecule has 18 valence electrons. The van der Waals surface area contributed by atoms with Gasteiger partial charge in [0.1, 0.15) is 0 Å². The van der Waals surface area contributed by atoms with E-state index in [1.54, 1.807) is 0 Å². The summed E-state index contributed by atoms with van der Waals surface area (Å²) in [6.07, 6.45) is 0. The van der Waals surface area contributed by atoms with Crippen LogP contribution in [0.5, 0.6) is 0 Å². The van der Waals surface area contributed by atoms with E-state index in [-0.39, 0.29) is 78.7 Å². The van der Waals surface area contributed by atoms with Gasteiger partial charge in [-0.15, -0.1) is 0 Å². The van der Waals surface area contributed by atoms with Gasteiger partial charge in [0.05, 0.1) is 0 Å². The predicted molar refractivity (Wildman–Crippen MR) is 17.5 cm³/mol. The van der Waals surface area contributed by atoms with Gasteiger partial charge < -0.3 is 1.43 Å². The van der Waals surface area contributed by atoms with Crippen LogP contribution >= 0.6 is 0 Å². The molecular weight excluding hydrogens is 289 g/mol. The van der Waals surface area contributed by atoms with Crippen molar-refractivity contribution in [3.63, 3.8) is 0 Å². The molecule has 0 N–H and O–H groups in total. The second kappa shape index (κ2) is 16.5. The molecule has 0 aliphatic rings. The van der Waals surface area contributed by atoms with E-state index in [9.17, 15) is 0 Å². The van der Waals surface area contributed by atoms with Crippen LogP contribution in [0.2, 0.25) is 0 Å². The van der Waals surface area contributed by atoms with Crippen LogP contribution in [0.3, 0.4) is 0 Å². The molecule has 4 heteroatoms. The van der Waals surface area contributed by atoms with Crippen LogP contribution in [0, 0.1) is 0 Å². The third-order valence-corrected chi connectivity index (χ3v) is 0. The molecule has 0 saturated carbocycles. The van der Waals surface area contributed by atoms with Crippen molar-refractivity contribution in [2.75, 3.05) is 0 Å². The van der Waals surface area contributed by atoms with Gasteiger partial charge in [-0.3, -0.25) is 0 Å². The van der Waals surface area contributed by atoms with Crippen molar-refractivity contribution < 1.29 is 55.9 Å². The van der Waals surface area contributed by atoms with Gasteiger partial charge in [-0.05, 0) is 0 Å². The van der Waals surface area contributed by atoms with E-state index < -0.39 is 0 Å². The van der Waals surface area contributed by atoms with Crippen LogP contribution in [0.1, 0.15) is 1.43 Å². The van der Waals surface area contributed by atoms with Gasteiger partial charge in [-0.2, -0.15) is 0 Å². The normalized spacial score (nSPS) is 1.00. The predicted octanol–water partition coefficient (Wildman–Crippen LogP) is -4.57. The Morgan fingerprint density at radius 1 is 1.50 bits per heavy atom. The summed E-state index contributed by atoms with van der Waals surface area (Å²) in [5, 5.41) is 0. The fourth-order valence-electron chi connectivity index (χ4n) is 0. The van der Waals surface area contributed by atoms with Crippen LogP contribution in [0.4, 0.5) is 0 Å². The Morgan fingerprint density at radius 2 is 1.50 bits per heavy atom. The summed E-state index contributed by atoms with van der Waals surface area (Å²) in [4.78, 5) is 0. The molecule has 0 saturated heterocycles. The average molecular weight is 293 g/mol. The zero-order chi connectivity index (χ0) is 2.00. The first kappa shape index (κ1) is 15.7. The monoisotopic (exact) mass is 294 g/mol. The molecule has 0 aromatic heterocycles. The van der Waals surface area contributed by atoms with E-state index in [1.165, 1.54) is 0 Å². The first-order valence-corrected chi connectivity index (χ1v) is 1.37. The van der Waals surface area contributed by atoms with Crippen LogP contribution in [-0.4, -0.2) is 48.4 Å². The SMILES string of the molecule is [H-].[InH3].[K+].[O]=[Sn]. The summed E-state index contributed by atoms with van der Waals surface area (Å²) in [6, 6.07) is 0. The molecule has 0 spiro atoms. The summed E-state index contributed by atoms with van der Waals surface area (Å²) in [7, 11) is 0. The molecule has 0 heterocycles. The fourth-order valence-corrected chi connectivity index (χ4v) is 0. The number of hydrogen-bond acceptors (Lipinski definition) is 1. The van der Waals surface area contributed by atoms with E-state index in [2.05, 4.69) is 0 Å². The molecule has 0 aromatic rings. The average Bonchev–Trinajstić information content (AvgIpc) is 1.00. The van der Waals surface area contributed by atoms with Gasteiger partial charge in [0.2, 0.25) is 0 Å². The van der Waals surface area contributed by atoms with Crippen molar-refractivity contribution in [2.45, 2.75) is 0 Å². The summed E-state index contributed by atoms with van der Waals surface area (Å²) in [6.45, 7) is 0. The van der Waals surface area contributed by atoms with Crippen LogP contribution in [0.25, 0.3) is 0 Å². The molecule has 0 unspecified atom stereocenters. The van der Waals surface area contributed by atoms with Gasteiger partial charge >= 0.3 is 103 Å². The van der Waals surface area contributed by atoms with Crippen LogP contribution in [0.15, 0.2) is 0 Å². The minimum absolute atomic E-state index is 0. The number of rotatable bonds is 0. The molecule has 0 bridgehead atoms. The van der Waals surface area contributed by atoms with Crippen molar-refractivity contribution in [2.24, 2.45) is 0 Å². The Balaban J connectivity index is -0.00000000167. The Labute approximate surface area is 101 Å². The van der Waals surface area contributed by atoms with Crippen molar-refractivity contribution >= 4 is 48.4 Å². The molecule has 0 amide bonds. The first-order valence-electron chi connectivity index (χ1n) is 0.204. The van der Waals surface area contributed by atoms with Gasteiger partial charge in [0.25, 0.3) is 0 Å². The summed E-state index contributed by atoms with van der Waals surface area (Å²) in [5.74, 6) is 0. The molecule has 0 aromatic carbocycles. The Morgan fingerprint density at radius 3 is 1.50 bits per heavy atom. The third kappa shape index (κ3) is 8.92. The van der Waals surface area contributed by atoms with Crippen LogP contribution in [-0.2, 0) is 3.08 Å². The Kier molecular flexibility index (Phi) is 64.8. The molecule has 2 radical (unpaired) electrons. The second-order valence-electron chi connectivity index (χ2n) is 0. The van der Waals surface area contributed by atoms with Crippen molar-refractivity contribution in [1.29, 1.82) is 0 Å². The number of hydrogen-bond donors (Lipinski definition) is 0. The molecule has 0 atom stereocenters. The molecule has 0 aliphatic heterocycles. The van der Waals surface area contributed by atoms with E-state index in [1.807, 2.05) is 0 Å². The van der Waals surface area contributed by atoms with Gasteiger partial charge in [-0.1, -0.05) is 0 Å². The molecule has 1 nitrogen and oxygen atoms in total. The maximum absolute atomic E-state index is 8.34. The van der Waals surface area contributed by atoms with Crippen molar-refractivity contribution in [1.82, 2.24) is 0 Å². The molecule has 4 heavy (non-hydrogen) atoms. The molecular formula is H4InKOSn. The quantitative estimate of drug-likeness (QED) is 0.411. The van der Waals surface area contributed by atoms with E-state index in [4.69, 9.17) is 3.08 Å². The third-order valence-electron chi connectivity index (χ3n) is 0.